The number of rotatable bonds is 12. The molecule has 0 aromatic heterocycles. The molecule has 3 aromatic rings. The van der Waals surface area contributed by atoms with Gasteiger partial charge in [-0.15, -0.1) is 0 Å². The van der Waals surface area contributed by atoms with Crippen molar-refractivity contribution in [1.82, 2.24) is 15.1 Å². The zero-order chi connectivity index (χ0) is 29.2. The van der Waals surface area contributed by atoms with Crippen molar-refractivity contribution in [1.29, 1.82) is 0 Å². The van der Waals surface area contributed by atoms with E-state index < -0.39 is 17.6 Å². The van der Waals surface area contributed by atoms with E-state index in [4.69, 9.17) is 4.74 Å². The first kappa shape index (κ1) is 29.5. The fourth-order valence-corrected chi connectivity index (χ4v) is 6.10. The van der Waals surface area contributed by atoms with E-state index >= 15 is 0 Å². The maximum atomic E-state index is 13.9. The minimum Gasteiger partial charge on any atom is -0.461 e. The average molecular weight is 568 g/mol. The summed E-state index contributed by atoms with van der Waals surface area (Å²) in [5.41, 5.74) is 2.30. The Kier molecular flexibility index (Phi) is 10.0. The molecule has 1 spiro atoms. The summed E-state index contributed by atoms with van der Waals surface area (Å²) in [4.78, 5) is 44.5. The van der Waals surface area contributed by atoms with Crippen LogP contribution in [0.1, 0.15) is 55.2 Å². The number of unbranched alkanes of at least 4 members (excludes halogenated alkanes) is 2. The Bertz CT molecular complexity index is 1310. The number of likely N-dealkylation sites (tertiary alicyclic amines) is 1. The van der Waals surface area contributed by atoms with E-state index in [1.165, 1.54) is 12.0 Å². The van der Waals surface area contributed by atoms with Crippen LogP contribution in [0, 0.1) is 0 Å². The summed E-state index contributed by atoms with van der Waals surface area (Å²) in [6.45, 7) is 2.98. The lowest BCUT2D eigenvalue weighted by atomic mass is 9.81. The highest BCUT2D eigenvalue weighted by atomic mass is 16.5. The lowest BCUT2D eigenvalue weighted by molar-refractivity contribution is -0.164. The largest absolute Gasteiger partial charge is 0.461 e. The molecule has 5 rings (SSSR count). The average Bonchev–Trinajstić information content (AvgIpc) is 3.03. The second kappa shape index (κ2) is 14.3. The Morgan fingerprint density at radius 1 is 0.786 bits per heavy atom. The Hall–Kier alpha value is -3.97. The van der Waals surface area contributed by atoms with Gasteiger partial charge in [0.15, 0.2) is 0 Å². The highest BCUT2D eigenvalue weighted by Gasteiger charge is 2.53. The molecule has 0 aliphatic carbocycles. The van der Waals surface area contributed by atoms with Crippen molar-refractivity contribution < 1.29 is 19.1 Å². The van der Waals surface area contributed by atoms with Crippen LogP contribution < -0.4 is 5.32 Å². The van der Waals surface area contributed by atoms with E-state index in [0.29, 0.717) is 19.4 Å². The molecule has 7 nitrogen and oxygen atoms in total. The van der Waals surface area contributed by atoms with Crippen LogP contribution in [0.25, 0.3) is 0 Å². The number of carbonyl (C=O) groups excluding carboxylic acids is 3. The van der Waals surface area contributed by atoms with Gasteiger partial charge in [-0.25, -0.2) is 0 Å². The van der Waals surface area contributed by atoms with Gasteiger partial charge in [0.05, 0.1) is 6.42 Å². The molecule has 2 aliphatic rings. The normalized spacial score (nSPS) is 18.6. The molecule has 2 heterocycles. The molecule has 7 heteroatoms. The molecule has 2 saturated heterocycles. The van der Waals surface area contributed by atoms with Crippen LogP contribution in [0.5, 0.6) is 0 Å². The van der Waals surface area contributed by atoms with Crippen molar-refractivity contribution in [3.8, 4) is 0 Å². The van der Waals surface area contributed by atoms with Crippen LogP contribution >= 0.6 is 0 Å². The minimum absolute atomic E-state index is 0.133. The van der Waals surface area contributed by atoms with E-state index in [0.717, 1.165) is 50.0 Å². The van der Waals surface area contributed by atoms with Crippen molar-refractivity contribution in [2.24, 2.45) is 0 Å². The lowest BCUT2D eigenvalue weighted by Gasteiger charge is -2.51. The lowest BCUT2D eigenvalue weighted by Crippen LogP contribution is -2.72. The molecular formula is C35H41N3O4. The molecule has 2 fully saturated rings. The second-order valence-electron chi connectivity index (χ2n) is 11.5. The van der Waals surface area contributed by atoms with Gasteiger partial charge in [-0.2, -0.15) is 0 Å². The molecule has 0 bridgehead atoms. The van der Waals surface area contributed by atoms with Crippen LogP contribution in [-0.4, -0.2) is 58.8 Å². The molecular weight excluding hydrogens is 526 g/mol. The number of aryl methyl sites for hydroxylation is 1. The first-order chi connectivity index (χ1) is 20.5. The number of amides is 2. The maximum Gasteiger partial charge on any atom is 0.308 e. The molecule has 0 radical (unpaired) electrons. The van der Waals surface area contributed by atoms with Crippen LogP contribution in [0.2, 0.25) is 0 Å². The highest BCUT2D eigenvalue weighted by Crippen LogP contribution is 2.35. The van der Waals surface area contributed by atoms with E-state index in [-0.39, 0.29) is 24.8 Å². The molecule has 1 N–H and O–H groups in total. The van der Waals surface area contributed by atoms with Crippen molar-refractivity contribution in [3.63, 3.8) is 0 Å². The van der Waals surface area contributed by atoms with Crippen molar-refractivity contribution in [3.05, 3.63) is 108 Å². The third kappa shape index (κ3) is 7.45. The summed E-state index contributed by atoms with van der Waals surface area (Å²) in [6, 6.07) is 28.8. The maximum absolute atomic E-state index is 13.9. The highest BCUT2D eigenvalue weighted by molar-refractivity contribution is 6.01. The van der Waals surface area contributed by atoms with Gasteiger partial charge in [0.1, 0.15) is 18.2 Å². The zero-order valence-electron chi connectivity index (χ0n) is 24.3. The third-order valence-electron chi connectivity index (χ3n) is 8.57. The second-order valence-corrected chi connectivity index (χ2v) is 11.5. The van der Waals surface area contributed by atoms with Crippen molar-refractivity contribution in [2.75, 3.05) is 19.6 Å². The number of hydrogen-bond acceptors (Lipinski definition) is 5. The number of piperazine rings is 1. The molecule has 1 atom stereocenters. The fourth-order valence-electron chi connectivity index (χ4n) is 6.10. The minimum atomic E-state index is -0.933. The first-order valence-corrected chi connectivity index (χ1v) is 15.2. The topological polar surface area (TPSA) is 79.0 Å². The van der Waals surface area contributed by atoms with Gasteiger partial charge >= 0.3 is 5.97 Å². The summed E-state index contributed by atoms with van der Waals surface area (Å²) in [6.07, 6.45) is 5.51. The van der Waals surface area contributed by atoms with Gasteiger partial charge in [-0.3, -0.25) is 14.4 Å². The van der Waals surface area contributed by atoms with Crippen LogP contribution in [0.4, 0.5) is 0 Å². The van der Waals surface area contributed by atoms with E-state index in [9.17, 15) is 14.4 Å². The van der Waals surface area contributed by atoms with Crippen LogP contribution in [-0.2, 0) is 38.7 Å². The Labute approximate surface area is 248 Å². The van der Waals surface area contributed by atoms with Gasteiger partial charge in [0.25, 0.3) is 0 Å². The summed E-state index contributed by atoms with van der Waals surface area (Å²) in [7, 11) is 0. The number of ether oxygens (including phenoxy) is 1. The number of hydrogen-bond donors (Lipinski definition) is 1. The van der Waals surface area contributed by atoms with E-state index in [2.05, 4.69) is 40.5 Å². The number of esters is 1. The van der Waals surface area contributed by atoms with E-state index in [1.54, 1.807) is 4.90 Å². The Morgan fingerprint density at radius 3 is 2.02 bits per heavy atom. The number of benzene rings is 3. The monoisotopic (exact) mass is 567 g/mol. The van der Waals surface area contributed by atoms with Gasteiger partial charge in [0, 0.05) is 19.6 Å². The molecule has 220 valence electrons. The number of nitrogens with one attached hydrogen (secondary N) is 1. The molecule has 3 aromatic carbocycles. The van der Waals surface area contributed by atoms with Crippen LogP contribution in [0.15, 0.2) is 91.0 Å². The zero-order valence-corrected chi connectivity index (χ0v) is 24.3. The number of piperidine rings is 1. The van der Waals surface area contributed by atoms with Crippen LogP contribution in [0.3, 0.4) is 0 Å². The smallest absolute Gasteiger partial charge is 0.308 e. The van der Waals surface area contributed by atoms with Crippen molar-refractivity contribution in [2.45, 2.75) is 69.7 Å². The Morgan fingerprint density at radius 2 is 1.38 bits per heavy atom. The fraction of sp³-hybridized carbons (Fsp3) is 0.400. The third-order valence-corrected chi connectivity index (χ3v) is 8.57. The SMILES string of the molecule is O=C(CC1NC(=O)C2(CCN(CCCCCc3ccccc3)CC2)N(Cc2ccccc2)C1=O)OCc1ccccc1. The molecule has 2 aliphatic heterocycles. The van der Waals surface area contributed by atoms with Crippen molar-refractivity contribution >= 4 is 17.8 Å². The van der Waals surface area contributed by atoms with Gasteiger partial charge in [-0.1, -0.05) is 97.4 Å². The number of nitrogens with zero attached hydrogens (tertiary/aromatic N) is 2. The standard InChI is InChI=1S/C35H41N3O4/c39-32(42-27-30-18-9-3-10-19-30)25-31-33(40)38(26-29-16-7-2-8-17-29)35(34(41)36-31)20-23-37(24-21-35)22-12-4-11-15-28-13-5-1-6-14-28/h1-3,5-10,13-14,16-19,31H,4,11-12,15,20-27H2,(H,36,41). The molecule has 1 unspecified atom stereocenters. The Balaban J connectivity index is 1.18. The molecule has 0 saturated carbocycles. The summed E-state index contributed by atoms with van der Waals surface area (Å²) in [5.74, 6) is -0.888. The predicted octanol–water partition coefficient (Wildman–Crippen LogP) is 4.89. The summed E-state index contributed by atoms with van der Waals surface area (Å²) < 4.78 is 5.43. The number of carbonyl (C=O) groups is 3. The van der Waals surface area contributed by atoms with Gasteiger partial charge in [-0.05, 0) is 55.3 Å². The van der Waals surface area contributed by atoms with E-state index in [1.807, 2.05) is 60.7 Å². The first-order valence-electron chi connectivity index (χ1n) is 15.2. The van der Waals surface area contributed by atoms with Gasteiger partial charge < -0.3 is 19.9 Å². The molecule has 2 amide bonds. The molecule has 42 heavy (non-hydrogen) atoms. The summed E-state index contributed by atoms with van der Waals surface area (Å²) in [5, 5.41) is 2.91. The summed E-state index contributed by atoms with van der Waals surface area (Å²) >= 11 is 0. The van der Waals surface area contributed by atoms with Gasteiger partial charge in [0.2, 0.25) is 11.8 Å². The quantitative estimate of drug-likeness (QED) is 0.249. The predicted molar refractivity (Wildman–Crippen MR) is 162 cm³/mol.